The van der Waals surface area contributed by atoms with E-state index in [2.05, 4.69) is 66.4 Å². The molecule has 194 valence electrons. The van der Waals surface area contributed by atoms with E-state index in [0.29, 0.717) is 18.4 Å². The van der Waals surface area contributed by atoms with Gasteiger partial charge >= 0.3 is 0 Å². The van der Waals surface area contributed by atoms with Crippen LogP contribution in [-0.2, 0) is 4.74 Å². The summed E-state index contributed by atoms with van der Waals surface area (Å²) in [6.07, 6.45) is 13.5. The van der Waals surface area contributed by atoms with Gasteiger partial charge in [-0.15, -0.1) is 0 Å². The standard InChI is InChI=1S/C33H37F2NO/c1-30-13-12-26-19-25-8-9-27(36-17-16-32(34,35)21-36)20-31(25)14-15-33(26,37-31)29(30)11-10-28(30)24-7-6-22-4-2-3-5-23(22)18-24/h2-7,12,18-19,27-29H,8-11,13-17,20-21H2,1H3/t27?,28-,29-,30-,31-,33?/m1/s1. The first-order valence-electron chi connectivity index (χ1n) is 14.5. The molecule has 0 aromatic heterocycles. The van der Waals surface area contributed by atoms with Crippen molar-refractivity contribution >= 4 is 10.8 Å². The summed E-state index contributed by atoms with van der Waals surface area (Å²) in [5.41, 5.74) is 4.10. The van der Waals surface area contributed by atoms with Gasteiger partial charge in [-0.05, 0) is 96.1 Å². The SMILES string of the molecule is C[C@]12CC=C3C=C4CCC(N5CCC(F)(F)C5)C[C@]45CCC3(O5)[C@@H]1CC[C@@H]2c1ccc2ccccc2c1. The molecule has 4 fully saturated rings. The zero-order valence-corrected chi connectivity index (χ0v) is 21.8. The highest BCUT2D eigenvalue weighted by Crippen LogP contribution is 2.69. The molecule has 0 radical (unpaired) electrons. The molecule has 3 aliphatic heterocycles. The molecule has 6 atom stereocenters. The van der Waals surface area contributed by atoms with Crippen LogP contribution in [0, 0.1) is 11.3 Å². The monoisotopic (exact) mass is 501 g/mol. The molecular weight excluding hydrogens is 464 g/mol. The zero-order chi connectivity index (χ0) is 25.0. The van der Waals surface area contributed by atoms with Crippen molar-refractivity contribution in [2.45, 2.75) is 93.8 Å². The van der Waals surface area contributed by atoms with E-state index in [1.165, 1.54) is 40.3 Å². The minimum atomic E-state index is -2.53. The first-order valence-corrected chi connectivity index (χ1v) is 14.5. The van der Waals surface area contributed by atoms with Gasteiger partial charge in [0.2, 0.25) is 0 Å². The topological polar surface area (TPSA) is 12.5 Å². The highest BCUT2D eigenvalue weighted by atomic mass is 19.3. The number of rotatable bonds is 2. The number of benzene rings is 2. The number of hydrogen-bond donors (Lipinski definition) is 0. The van der Waals surface area contributed by atoms with Crippen LogP contribution in [0.5, 0.6) is 0 Å². The van der Waals surface area contributed by atoms with Gasteiger partial charge in [-0.2, -0.15) is 0 Å². The van der Waals surface area contributed by atoms with Crippen LogP contribution in [0.1, 0.15) is 76.2 Å². The van der Waals surface area contributed by atoms with E-state index in [0.717, 1.165) is 38.5 Å². The Balaban J connectivity index is 1.12. The van der Waals surface area contributed by atoms with E-state index in [9.17, 15) is 8.78 Å². The van der Waals surface area contributed by atoms with Crippen molar-refractivity contribution in [2.24, 2.45) is 11.3 Å². The van der Waals surface area contributed by atoms with Crippen LogP contribution in [0.4, 0.5) is 8.78 Å². The van der Waals surface area contributed by atoms with Gasteiger partial charge in [0, 0.05) is 19.0 Å². The average Bonchev–Trinajstić information content (AvgIpc) is 3.54. The Kier molecular flexibility index (Phi) is 4.67. The lowest BCUT2D eigenvalue weighted by Crippen LogP contribution is -2.55. The number of ether oxygens (including phenoxy) is 1. The predicted octanol–water partition coefficient (Wildman–Crippen LogP) is 7.79. The van der Waals surface area contributed by atoms with Crippen LogP contribution in [-0.4, -0.2) is 41.2 Å². The minimum absolute atomic E-state index is 0.00741. The van der Waals surface area contributed by atoms with E-state index in [1.807, 2.05) is 0 Å². The summed E-state index contributed by atoms with van der Waals surface area (Å²) < 4.78 is 35.5. The first-order chi connectivity index (χ1) is 17.8. The maximum atomic E-state index is 14.0. The third-order valence-corrected chi connectivity index (χ3v) is 11.5. The lowest BCUT2D eigenvalue weighted by molar-refractivity contribution is -0.141. The van der Waals surface area contributed by atoms with Gasteiger partial charge in [0.1, 0.15) is 0 Å². The summed E-state index contributed by atoms with van der Waals surface area (Å²) in [7, 11) is 0. The Labute approximate surface area is 218 Å². The molecule has 2 unspecified atom stereocenters. The fourth-order valence-electron chi connectivity index (χ4n) is 9.74. The molecule has 8 rings (SSSR count). The third-order valence-electron chi connectivity index (χ3n) is 11.5. The third kappa shape index (κ3) is 3.15. The summed E-state index contributed by atoms with van der Waals surface area (Å²) in [4.78, 5) is 2.07. The van der Waals surface area contributed by atoms with Gasteiger partial charge in [0.25, 0.3) is 5.92 Å². The second-order valence-corrected chi connectivity index (χ2v) is 13.3. The minimum Gasteiger partial charge on any atom is -0.359 e. The van der Waals surface area contributed by atoms with Gasteiger partial charge in [0.15, 0.2) is 0 Å². The Morgan fingerprint density at radius 2 is 1.84 bits per heavy atom. The lowest BCUT2D eigenvalue weighted by Gasteiger charge is -2.55. The maximum Gasteiger partial charge on any atom is 0.261 e. The molecule has 0 N–H and O–H groups in total. The van der Waals surface area contributed by atoms with Gasteiger partial charge < -0.3 is 4.74 Å². The normalized spacial score (nSPS) is 42.2. The summed E-state index contributed by atoms with van der Waals surface area (Å²) in [5, 5.41) is 2.64. The van der Waals surface area contributed by atoms with Crippen LogP contribution in [0.15, 0.2) is 65.8 Å². The number of alkyl halides is 2. The van der Waals surface area contributed by atoms with Crippen molar-refractivity contribution in [3.05, 3.63) is 71.3 Å². The van der Waals surface area contributed by atoms with E-state index in [-0.39, 0.29) is 35.6 Å². The molecular formula is C33H37F2NO. The molecule has 4 heteroatoms. The highest BCUT2D eigenvalue weighted by molar-refractivity contribution is 5.83. The van der Waals surface area contributed by atoms with Crippen molar-refractivity contribution in [1.29, 1.82) is 0 Å². The largest absolute Gasteiger partial charge is 0.359 e. The molecule has 2 saturated heterocycles. The van der Waals surface area contributed by atoms with E-state index in [4.69, 9.17) is 4.74 Å². The molecule has 6 aliphatic rings. The second kappa shape index (κ2) is 7.54. The number of halogens is 2. The van der Waals surface area contributed by atoms with Crippen molar-refractivity contribution in [1.82, 2.24) is 4.90 Å². The van der Waals surface area contributed by atoms with Gasteiger partial charge in [-0.3, -0.25) is 4.90 Å². The molecule has 2 saturated carbocycles. The predicted molar refractivity (Wildman–Crippen MR) is 143 cm³/mol. The highest BCUT2D eigenvalue weighted by Gasteiger charge is 2.66. The van der Waals surface area contributed by atoms with Gasteiger partial charge in [-0.25, -0.2) is 8.78 Å². The van der Waals surface area contributed by atoms with Crippen LogP contribution in [0.2, 0.25) is 0 Å². The number of allylic oxidation sites excluding steroid dienone is 1. The summed E-state index contributed by atoms with van der Waals surface area (Å²) in [6, 6.07) is 16.0. The molecule has 2 aromatic carbocycles. The number of fused-ring (bicyclic) bond motifs is 2. The molecule has 37 heavy (non-hydrogen) atoms. The second-order valence-electron chi connectivity index (χ2n) is 13.3. The summed E-state index contributed by atoms with van der Waals surface area (Å²) >= 11 is 0. The van der Waals surface area contributed by atoms with Gasteiger partial charge in [0.05, 0.1) is 17.7 Å². The molecule has 0 amide bonds. The quantitative estimate of drug-likeness (QED) is 0.416. The maximum absolute atomic E-state index is 14.0. The van der Waals surface area contributed by atoms with Crippen LogP contribution in [0.25, 0.3) is 10.8 Å². The van der Waals surface area contributed by atoms with Crippen molar-refractivity contribution < 1.29 is 13.5 Å². The lowest BCUT2D eigenvalue weighted by atomic mass is 9.58. The smallest absolute Gasteiger partial charge is 0.261 e. The number of nitrogens with zero attached hydrogens (tertiary/aromatic N) is 1. The Morgan fingerprint density at radius 1 is 0.973 bits per heavy atom. The summed E-state index contributed by atoms with van der Waals surface area (Å²) in [6.45, 7) is 2.98. The molecule has 3 heterocycles. The zero-order valence-electron chi connectivity index (χ0n) is 21.8. The van der Waals surface area contributed by atoms with Crippen LogP contribution >= 0.6 is 0 Å². The Bertz CT molecular complexity index is 1350. The number of hydrogen-bond acceptors (Lipinski definition) is 2. The van der Waals surface area contributed by atoms with Gasteiger partial charge in [-0.1, -0.05) is 61.5 Å². The molecule has 2 bridgehead atoms. The molecule has 2 nitrogen and oxygen atoms in total. The molecule has 3 aliphatic carbocycles. The van der Waals surface area contributed by atoms with E-state index in [1.54, 1.807) is 0 Å². The number of likely N-dealkylation sites (tertiary alicyclic amines) is 1. The van der Waals surface area contributed by atoms with Crippen LogP contribution < -0.4 is 0 Å². The van der Waals surface area contributed by atoms with E-state index < -0.39 is 5.92 Å². The van der Waals surface area contributed by atoms with Crippen molar-refractivity contribution in [3.8, 4) is 0 Å². The van der Waals surface area contributed by atoms with Crippen molar-refractivity contribution in [2.75, 3.05) is 13.1 Å². The fourth-order valence-corrected chi connectivity index (χ4v) is 9.74. The first kappa shape index (κ1) is 22.9. The average molecular weight is 502 g/mol. The fraction of sp³-hybridized carbons (Fsp3) is 0.576. The van der Waals surface area contributed by atoms with E-state index >= 15 is 0 Å². The Morgan fingerprint density at radius 3 is 2.68 bits per heavy atom. The van der Waals surface area contributed by atoms with Crippen molar-refractivity contribution in [3.63, 3.8) is 0 Å². The Hall–Kier alpha value is -2.04. The summed E-state index contributed by atoms with van der Waals surface area (Å²) in [5.74, 6) is -1.49. The molecule has 2 spiro atoms. The van der Waals surface area contributed by atoms with Crippen LogP contribution in [0.3, 0.4) is 0 Å². The molecule has 2 aromatic rings.